The molecule has 1 fully saturated rings. The van der Waals surface area contributed by atoms with Gasteiger partial charge >= 0.3 is 0 Å². The number of carbonyl (C=O) groups is 1. The number of rotatable bonds is 5. The van der Waals surface area contributed by atoms with Crippen LogP contribution in [0.15, 0.2) is 42.6 Å². The first-order valence-electron chi connectivity index (χ1n) is 7.22. The molecule has 1 amide bonds. The summed E-state index contributed by atoms with van der Waals surface area (Å²) in [5, 5.41) is 11.1. The second-order valence-electron chi connectivity index (χ2n) is 5.55. The molecule has 1 heterocycles. The Morgan fingerprint density at radius 3 is 2.64 bits per heavy atom. The molecule has 0 aliphatic heterocycles. The Balaban J connectivity index is 1.91. The Kier molecular flexibility index (Phi) is 3.66. The van der Waals surface area contributed by atoms with Crippen molar-refractivity contribution in [2.24, 2.45) is 7.05 Å². The van der Waals surface area contributed by atoms with E-state index in [-0.39, 0.29) is 23.2 Å². The van der Waals surface area contributed by atoms with Crippen LogP contribution in [0.2, 0.25) is 0 Å². The molecule has 6 heteroatoms. The molecule has 3 rings (SSSR count). The van der Waals surface area contributed by atoms with Crippen LogP contribution in [0.3, 0.4) is 0 Å². The van der Waals surface area contributed by atoms with E-state index in [1.807, 2.05) is 29.9 Å². The van der Waals surface area contributed by atoms with Gasteiger partial charge in [0.15, 0.2) is 0 Å². The van der Waals surface area contributed by atoms with E-state index in [4.69, 9.17) is 0 Å². The second-order valence-corrected chi connectivity index (χ2v) is 5.55. The minimum absolute atomic E-state index is 0.134. The summed E-state index contributed by atoms with van der Waals surface area (Å²) in [5.41, 5.74) is 1.04. The molecule has 6 nitrogen and oxygen atoms in total. The maximum atomic E-state index is 12.8. The van der Waals surface area contributed by atoms with E-state index in [0.717, 1.165) is 18.5 Å². The van der Waals surface area contributed by atoms with Gasteiger partial charge in [0.05, 0.1) is 11.5 Å². The van der Waals surface area contributed by atoms with Crippen molar-refractivity contribution in [1.82, 2.24) is 9.47 Å². The third-order valence-corrected chi connectivity index (χ3v) is 3.96. The molecule has 0 unspecified atom stereocenters. The molecule has 114 valence electrons. The highest BCUT2D eigenvalue weighted by Gasteiger charge is 2.35. The van der Waals surface area contributed by atoms with Crippen LogP contribution >= 0.6 is 0 Å². The zero-order chi connectivity index (χ0) is 15.7. The van der Waals surface area contributed by atoms with Gasteiger partial charge < -0.3 is 9.47 Å². The van der Waals surface area contributed by atoms with Crippen LogP contribution in [0.4, 0.5) is 5.69 Å². The number of hydrogen-bond acceptors (Lipinski definition) is 3. The largest absolute Gasteiger partial charge is 0.353 e. The van der Waals surface area contributed by atoms with Crippen LogP contribution in [0, 0.1) is 10.1 Å². The van der Waals surface area contributed by atoms with Gasteiger partial charge in [0.1, 0.15) is 5.56 Å². The van der Waals surface area contributed by atoms with E-state index < -0.39 is 4.92 Å². The Bertz CT molecular complexity index is 719. The summed E-state index contributed by atoms with van der Waals surface area (Å²) in [6.07, 6.45) is 3.84. The van der Waals surface area contributed by atoms with Crippen LogP contribution in [0.1, 0.15) is 28.9 Å². The molecule has 1 saturated carbocycles. The highest BCUT2D eigenvalue weighted by atomic mass is 16.6. The van der Waals surface area contributed by atoms with E-state index in [2.05, 4.69) is 0 Å². The minimum atomic E-state index is -0.499. The lowest BCUT2D eigenvalue weighted by Gasteiger charge is -2.22. The summed E-state index contributed by atoms with van der Waals surface area (Å²) in [7, 11) is 1.93. The summed E-state index contributed by atoms with van der Waals surface area (Å²) in [5.74, 6) is -0.268. The maximum Gasteiger partial charge on any atom is 0.282 e. The number of aromatic nitrogens is 1. The zero-order valence-electron chi connectivity index (χ0n) is 12.3. The first-order chi connectivity index (χ1) is 10.6. The lowest BCUT2D eigenvalue weighted by atomic mass is 10.1. The summed E-state index contributed by atoms with van der Waals surface area (Å²) < 4.78 is 1.96. The first-order valence-corrected chi connectivity index (χ1v) is 7.22. The molecule has 1 aromatic heterocycles. The number of benzene rings is 1. The number of nitro groups is 1. The zero-order valence-corrected chi connectivity index (χ0v) is 12.3. The first kappa shape index (κ1) is 14.3. The van der Waals surface area contributed by atoms with Crippen molar-refractivity contribution in [1.29, 1.82) is 0 Å². The standard InChI is InChI=1S/C16H17N3O3/c1-17-10-4-5-13(17)11-18(12-8-9-12)16(20)14-6-2-3-7-15(14)19(21)22/h2-7,10,12H,8-9,11H2,1H3. The highest BCUT2D eigenvalue weighted by molar-refractivity contribution is 5.98. The molecule has 2 aromatic rings. The molecule has 0 spiro atoms. The SMILES string of the molecule is Cn1cccc1CN(C(=O)c1ccccc1[N+](=O)[O-])C1CC1. The van der Waals surface area contributed by atoms with Gasteiger partial charge in [-0.05, 0) is 31.0 Å². The third-order valence-electron chi connectivity index (χ3n) is 3.96. The van der Waals surface area contributed by atoms with Crippen molar-refractivity contribution in [3.63, 3.8) is 0 Å². The number of para-hydroxylation sites is 1. The van der Waals surface area contributed by atoms with Crippen molar-refractivity contribution in [2.45, 2.75) is 25.4 Å². The Morgan fingerprint density at radius 1 is 1.32 bits per heavy atom. The molecule has 0 bridgehead atoms. The van der Waals surface area contributed by atoms with Crippen LogP contribution in [0.25, 0.3) is 0 Å². The van der Waals surface area contributed by atoms with Gasteiger partial charge in [-0.2, -0.15) is 0 Å². The lowest BCUT2D eigenvalue weighted by Crippen LogP contribution is -2.33. The number of nitrogens with zero attached hydrogens (tertiary/aromatic N) is 3. The van der Waals surface area contributed by atoms with Crippen LogP contribution in [-0.2, 0) is 13.6 Å². The topological polar surface area (TPSA) is 68.4 Å². The normalized spacial score (nSPS) is 13.9. The second kappa shape index (κ2) is 5.63. The smallest absolute Gasteiger partial charge is 0.282 e. The van der Waals surface area contributed by atoms with Gasteiger partial charge in [-0.1, -0.05) is 12.1 Å². The van der Waals surface area contributed by atoms with E-state index >= 15 is 0 Å². The highest BCUT2D eigenvalue weighted by Crippen LogP contribution is 2.31. The van der Waals surface area contributed by atoms with E-state index in [1.165, 1.54) is 12.1 Å². The van der Waals surface area contributed by atoms with Crippen molar-refractivity contribution < 1.29 is 9.72 Å². The molecule has 0 radical (unpaired) electrons. The number of aryl methyl sites for hydroxylation is 1. The number of amides is 1. The fourth-order valence-corrected chi connectivity index (χ4v) is 2.56. The molecular formula is C16H17N3O3. The molecule has 0 N–H and O–H groups in total. The summed E-state index contributed by atoms with van der Waals surface area (Å²) >= 11 is 0. The fourth-order valence-electron chi connectivity index (χ4n) is 2.56. The molecule has 1 aliphatic carbocycles. The van der Waals surface area contributed by atoms with Crippen molar-refractivity contribution >= 4 is 11.6 Å². The van der Waals surface area contributed by atoms with Crippen LogP contribution in [-0.4, -0.2) is 26.3 Å². The minimum Gasteiger partial charge on any atom is -0.353 e. The predicted octanol–water partition coefficient (Wildman–Crippen LogP) is 2.74. The molecular weight excluding hydrogens is 282 g/mol. The maximum absolute atomic E-state index is 12.8. The Labute approximate surface area is 128 Å². The van der Waals surface area contributed by atoms with Gasteiger partial charge in [-0.25, -0.2) is 0 Å². The van der Waals surface area contributed by atoms with E-state index in [9.17, 15) is 14.9 Å². The molecule has 1 aliphatic rings. The number of nitro benzene ring substituents is 1. The molecule has 0 atom stereocenters. The molecule has 1 aromatic carbocycles. The fraction of sp³-hybridized carbons (Fsp3) is 0.312. The summed E-state index contributed by atoms with van der Waals surface area (Å²) in [6, 6.07) is 10.2. The number of hydrogen-bond donors (Lipinski definition) is 0. The van der Waals surface area contributed by atoms with E-state index in [0.29, 0.717) is 6.54 Å². The van der Waals surface area contributed by atoms with Gasteiger partial charge in [0.25, 0.3) is 11.6 Å². The summed E-state index contributed by atoms with van der Waals surface area (Å²) in [4.78, 5) is 25.2. The van der Waals surface area contributed by atoms with Crippen molar-refractivity contribution in [2.75, 3.05) is 0 Å². The Morgan fingerprint density at radius 2 is 2.05 bits per heavy atom. The van der Waals surface area contributed by atoms with Gasteiger partial charge in [0, 0.05) is 31.0 Å². The van der Waals surface area contributed by atoms with Gasteiger partial charge in [0.2, 0.25) is 0 Å². The third kappa shape index (κ3) is 2.72. The van der Waals surface area contributed by atoms with Gasteiger partial charge in [-0.15, -0.1) is 0 Å². The van der Waals surface area contributed by atoms with Crippen molar-refractivity contribution in [3.05, 3.63) is 64.0 Å². The summed E-state index contributed by atoms with van der Waals surface area (Å²) in [6.45, 7) is 0.471. The monoisotopic (exact) mass is 299 g/mol. The lowest BCUT2D eigenvalue weighted by molar-refractivity contribution is -0.385. The van der Waals surface area contributed by atoms with Crippen LogP contribution < -0.4 is 0 Å². The number of carbonyl (C=O) groups excluding carboxylic acids is 1. The van der Waals surface area contributed by atoms with Crippen LogP contribution in [0.5, 0.6) is 0 Å². The van der Waals surface area contributed by atoms with Crippen molar-refractivity contribution in [3.8, 4) is 0 Å². The van der Waals surface area contributed by atoms with Gasteiger partial charge in [-0.3, -0.25) is 14.9 Å². The molecule has 0 saturated heterocycles. The predicted molar refractivity (Wildman–Crippen MR) is 81.4 cm³/mol. The molecule has 22 heavy (non-hydrogen) atoms. The average Bonchev–Trinajstić information content (AvgIpc) is 3.27. The van der Waals surface area contributed by atoms with E-state index in [1.54, 1.807) is 17.0 Å². The average molecular weight is 299 g/mol. The quantitative estimate of drug-likeness (QED) is 0.629. The Hall–Kier alpha value is -2.63.